The van der Waals surface area contributed by atoms with Gasteiger partial charge in [-0.05, 0) is 47.4 Å². The molecule has 1 aromatic heterocycles. The van der Waals surface area contributed by atoms with E-state index in [4.69, 9.17) is 4.98 Å². The van der Waals surface area contributed by atoms with Crippen LogP contribution in [0.3, 0.4) is 0 Å². The first-order chi connectivity index (χ1) is 8.27. The number of hydrogen-bond acceptors (Lipinski definition) is 2. The van der Waals surface area contributed by atoms with Crippen LogP contribution in [0.2, 0.25) is 0 Å². The number of para-hydroxylation sites is 1. The van der Waals surface area contributed by atoms with Crippen LogP contribution < -0.4 is 5.32 Å². The minimum atomic E-state index is 0.549. The molecule has 17 heavy (non-hydrogen) atoms. The fraction of sp³-hybridized carbons (Fsp3) is 0.462. The lowest BCUT2D eigenvalue weighted by atomic mass is 9.99. The molecule has 1 unspecified atom stereocenters. The number of aryl methyl sites for hydroxylation is 1. The second-order valence-corrected chi connectivity index (χ2v) is 5.53. The molecule has 0 spiro atoms. The summed E-state index contributed by atoms with van der Waals surface area (Å²) in [6, 6.07) is 6.20. The summed E-state index contributed by atoms with van der Waals surface area (Å²) in [4.78, 5) is 4.79. The van der Waals surface area contributed by atoms with E-state index in [0.29, 0.717) is 5.92 Å². The van der Waals surface area contributed by atoms with Crippen molar-refractivity contribution in [3.8, 4) is 0 Å². The third-order valence-corrected chi connectivity index (χ3v) is 4.18. The highest BCUT2D eigenvalue weighted by Crippen LogP contribution is 2.29. The summed E-state index contributed by atoms with van der Waals surface area (Å²) < 4.78 is 3.36. The SMILES string of the molecule is Cn1c(C2CCCNC2)nc2cccc(Br)c21. The summed E-state index contributed by atoms with van der Waals surface area (Å²) in [6.07, 6.45) is 2.48. The molecule has 0 bridgehead atoms. The summed E-state index contributed by atoms with van der Waals surface area (Å²) in [7, 11) is 2.12. The number of nitrogens with zero attached hydrogens (tertiary/aromatic N) is 2. The first-order valence-electron chi connectivity index (χ1n) is 6.09. The van der Waals surface area contributed by atoms with Crippen molar-refractivity contribution in [1.82, 2.24) is 14.9 Å². The molecule has 0 amide bonds. The minimum absolute atomic E-state index is 0.549. The zero-order valence-electron chi connectivity index (χ0n) is 9.91. The van der Waals surface area contributed by atoms with E-state index in [0.717, 1.165) is 23.1 Å². The second kappa shape index (κ2) is 4.42. The largest absolute Gasteiger partial charge is 0.330 e. The number of hydrogen-bond donors (Lipinski definition) is 1. The average molecular weight is 294 g/mol. The molecular weight excluding hydrogens is 278 g/mol. The molecule has 1 atom stereocenters. The molecule has 2 heterocycles. The van der Waals surface area contributed by atoms with Crippen molar-refractivity contribution in [1.29, 1.82) is 0 Å². The van der Waals surface area contributed by atoms with Gasteiger partial charge in [0.15, 0.2) is 0 Å². The summed E-state index contributed by atoms with van der Waals surface area (Å²) in [6.45, 7) is 2.19. The fourth-order valence-electron chi connectivity index (χ4n) is 2.68. The van der Waals surface area contributed by atoms with E-state index < -0.39 is 0 Å². The van der Waals surface area contributed by atoms with Crippen LogP contribution in [0.25, 0.3) is 11.0 Å². The van der Waals surface area contributed by atoms with Gasteiger partial charge in [-0.2, -0.15) is 0 Å². The highest BCUT2D eigenvalue weighted by atomic mass is 79.9. The van der Waals surface area contributed by atoms with Gasteiger partial charge in [-0.15, -0.1) is 0 Å². The van der Waals surface area contributed by atoms with E-state index in [2.05, 4.69) is 45.0 Å². The summed E-state index contributed by atoms with van der Waals surface area (Å²) in [5.74, 6) is 1.76. The van der Waals surface area contributed by atoms with E-state index in [1.54, 1.807) is 0 Å². The normalized spacial score (nSPS) is 20.9. The van der Waals surface area contributed by atoms with Gasteiger partial charge in [0.1, 0.15) is 5.82 Å². The maximum atomic E-state index is 4.79. The summed E-state index contributed by atoms with van der Waals surface area (Å²) >= 11 is 3.61. The fourth-order valence-corrected chi connectivity index (χ4v) is 3.30. The molecule has 0 saturated carbocycles. The Morgan fingerprint density at radius 3 is 3.06 bits per heavy atom. The topological polar surface area (TPSA) is 29.9 Å². The standard InChI is InChI=1S/C13H16BrN3/c1-17-12-10(14)5-2-6-11(12)16-13(17)9-4-3-7-15-8-9/h2,5-6,9,15H,3-4,7-8H2,1H3. The molecule has 0 aliphatic carbocycles. The maximum absolute atomic E-state index is 4.79. The Morgan fingerprint density at radius 1 is 1.47 bits per heavy atom. The Balaban J connectivity index is 2.10. The Hall–Kier alpha value is -0.870. The number of nitrogens with one attached hydrogen (secondary N) is 1. The van der Waals surface area contributed by atoms with Crippen molar-refractivity contribution in [2.75, 3.05) is 13.1 Å². The lowest BCUT2D eigenvalue weighted by Gasteiger charge is -2.22. The Labute approximate surface area is 109 Å². The summed E-state index contributed by atoms with van der Waals surface area (Å²) in [5, 5.41) is 3.45. The molecule has 1 aliphatic rings. The van der Waals surface area contributed by atoms with Crippen molar-refractivity contribution in [3.63, 3.8) is 0 Å². The van der Waals surface area contributed by atoms with Gasteiger partial charge in [0.2, 0.25) is 0 Å². The predicted molar refractivity (Wildman–Crippen MR) is 73.3 cm³/mol. The maximum Gasteiger partial charge on any atom is 0.114 e. The molecule has 3 nitrogen and oxygen atoms in total. The van der Waals surface area contributed by atoms with Crippen LogP contribution in [0.5, 0.6) is 0 Å². The number of fused-ring (bicyclic) bond motifs is 1. The van der Waals surface area contributed by atoms with Crippen LogP contribution in [-0.2, 0) is 7.05 Å². The van der Waals surface area contributed by atoms with Crippen molar-refractivity contribution in [3.05, 3.63) is 28.5 Å². The number of aromatic nitrogens is 2. The minimum Gasteiger partial charge on any atom is -0.330 e. The Morgan fingerprint density at radius 2 is 2.35 bits per heavy atom. The van der Waals surface area contributed by atoms with E-state index in [1.807, 2.05) is 6.07 Å². The zero-order valence-corrected chi connectivity index (χ0v) is 11.5. The van der Waals surface area contributed by atoms with Gasteiger partial charge >= 0.3 is 0 Å². The molecule has 1 N–H and O–H groups in total. The van der Waals surface area contributed by atoms with E-state index in [1.165, 1.54) is 24.2 Å². The molecule has 1 aliphatic heterocycles. The lowest BCUT2D eigenvalue weighted by molar-refractivity contribution is 0.440. The molecule has 3 rings (SSSR count). The van der Waals surface area contributed by atoms with Gasteiger partial charge in [-0.25, -0.2) is 4.98 Å². The van der Waals surface area contributed by atoms with Crippen molar-refractivity contribution >= 4 is 27.0 Å². The predicted octanol–water partition coefficient (Wildman–Crippen LogP) is 2.80. The van der Waals surface area contributed by atoms with Gasteiger partial charge in [0.05, 0.1) is 11.0 Å². The second-order valence-electron chi connectivity index (χ2n) is 4.68. The highest BCUT2D eigenvalue weighted by molar-refractivity contribution is 9.10. The van der Waals surface area contributed by atoms with Gasteiger partial charge in [0, 0.05) is 24.0 Å². The first kappa shape index (κ1) is 11.2. The molecule has 90 valence electrons. The molecule has 2 aromatic rings. The smallest absolute Gasteiger partial charge is 0.114 e. The molecule has 1 fully saturated rings. The number of imidazole rings is 1. The highest BCUT2D eigenvalue weighted by Gasteiger charge is 2.21. The quantitative estimate of drug-likeness (QED) is 0.876. The zero-order chi connectivity index (χ0) is 11.8. The van der Waals surface area contributed by atoms with Crippen LogP contribution in [0.1, 0.15) is 24.6 Å². The Kier molecular flexibility index (Phi) is 2.92. The van der Waals surface area contributed by atoms with Crippen molar-refractivity contribution in [2.45, 2.75) is 18.8 Å². The van der Waals surface area contributed by atoms with Crippen LogP contribution in [0.15, 0.2) is 22.7 Å². The molecule has 0 radical (unpaired) electrons. The average Bonchev–Trinajstić information content (AvgIpc) is 2.69. The van der Waals surface area contributed by atoms with E-state index in [9.17, 15) is 0 Å². The van der Waals surface area contributed by atoms with Crippen LogP contribution in [0.4, 0.5) is 0 Å². The molecule has 1 aromatic carbocycles. The van der Waals surface area contributed by atoms with Crippen LogP contribution >= 0.6 is 15.9 Å². The Bertz CT molecular complexity index is 541. The summed E-state index contributed by atoms with van der Waals surface area (Å²) in [5.41, 5.74) is 2.29. The molecular formula is C13H16BrN3. The van der Waals surface area contributed by atoms with E-state index in [-0.39, 0.29) is 0 Å². The van der Waals surface area contributed by atoms with Gasteiger partial charge in [0.25, 0.3) is 0 Å². The van der Waals surface area contributed by atoms with Crippen molar-refractivity contribution in [2.24, 2.45) is 7.05 Å². The third kappa shape index (κ3) is 1.89. The third-order valence-electron chi connectivity index (χ3n) is 3.54. The number of piperidine rings is 1. The van der Waals surface area contributed by atoms with Crippen LogP contribution in [-0.4, -0.2) is 22.6 Å². The number of halogens is 1. The lowest BCUT2D eigenvalue weighted by Crippen LogP contribution is -2.29. The van der Waals surface area contributed by atoms with E-state index >= 15 is 0 Å². The van der Waals surface area contributed by atoms with Crippen molar-refractivity contribution < 1.29 is 0 Å². The van der Waals surface area contributed by atoms with Gasteiger partial charge < -0.3 is 9.88 Å². The first-order valence-corrected chi connectivity index (χ1v) is 6.88. The molecule has 4 heteroatoms. The monoisotopic (exact) mass is 293 g/mol. The van der Waals surface area contributed by atoms with Gasteiger partial charge in [-0.3, -0.25) is 0 Å². The van der Waals surface area contributed by atoms with Crippen LogP contribution in [0, 0.1) is 0 Å². The number of benzene rings is 1. The number of rotatable bonds is 1. The molecule has 1 saturated heterocycles. The van der Waals surface area contributed by atoms with Gasteiger partial charge in [-0.1, -0.05) is 6.07 Å².